The number of azo groups is 1. The zero-order valence-corrected chi connectivity index (χ0v) is 12.4. The summed E-state index contributed by atoms with van der Waals surface area (Å²) in [5, 5.41) is 18.3. The van der Waals surface area contributed by atoms with Gasteiger partial charge >= 0.3 is 0 Å². The SMILES string of the molecule is Cc1cccc(C)c1-n1cnc(O)c1N=Nc1ccccc1. The van der Waals surface area contributed by atoms with Gasteiger partial charge in [-0.3, -0.25) is 4.57 Å². The number of nitrogens with zero attached hydrogens (tertiary/aromatic N) is 4. The summed E-state index contributed by atoms with van der Waals surface area (Å²) in [6.07, 6.45) is 1.56. The second-order valence-electron chi connectivity index (χ2n) is 5.04. The van der Waals surface area contributed by atoms with E-state index in [2.05, 4.69) is 15.2 Å². The summed E-state index contributed by atoms with van der Waals surface area (Å²) in [5.74, 6) is 0.184. The molecule has 2 aromatic carbocycles. The highest BCUT2D eigenvalue weighted by atomic mass is 16.3. The average Bonchev–Trinajstić information content (AvgIpc) is 2.87. The maximum atomic E-state index is 9.97. The molecule has 0 aliphatic heterocycles. The van der Waals surface area contributed by atoms with Gasteiger partial charge in [0.05, 0.1) is 11.4 Å². The first kappa shape index (κ1) is 14.0. The number of aryl methyl sites for hydroxylation is 2. The van der Waals surface area contributed by atoms with Crippen LogP contribution in [0.25, 0.3) is 5.69 Å². The standard InChI is InChI=1S/C17H16N4O/c1-12-7-6-8-13(2)15(12)21-11-18-17(22)16(21)20-19-14-9-4-3-5-10-14/h3-11,22H,1-2H3. The van der Waals surface area contributed by atoms with Crippen LogP contribution in [-0.4, -0.2) is 14.7 Å². The van der Waals surface area contributed by atoms with Crippen LogP contribution in [0, 0.1) is 13.8 Å². The minimum atomic E-state index is -0.137. The van der Waals surface area contributed by atoms with E-state index in [1.165, 1.54) is 0 Å². The van der Waals surface area contributed by atoms with E-state index < -0.39 is 0 Å². The summed E-state index contributed by atoms with van der Waals surface area (Å²) < 4.78 is 1.76. The third kappa shape index (κ3) is 2.61. The number of aromatic nitrogens is 2. The molecule has 5 nitrogen and oxygen atoms in total. The van der Waals surface area contributed by atoms with Gasteiger partial charge in [0.25, 0.3) is 5.88 Å². The van der Waals surface area contributed by atoms with E-state index >= 15 is 0 Å². The predicted molar refractivity (Wildman–Crippen MR) is 85.3 cm³/mol. The highest BCUT2D eigenvalue weighted by molar-refractivity contribution is 5.55. The molecule has 0 spiro atoms. The Morgan fingerprint density at radius 2 is 1.59 bits per heavy atom. The van der Waals surface area contributed by atoms with Crippen molar-refractivity contribution in [3.8, 4) is 11.6 Å². The Labute approximate surface area is 128 Å². The second kappa shape index (κ2) is 5.81. The van der Waals surface area contributed by atoms with E-state index in [1.54, 1.807) is 10.9 Å². The largest absolute Gasteiger partial charge is 0.491 e. The molecule has 0 fully saturated rings. The fraction of sp³-hybridized carbons (Fsp3) is 0.118. The smallest absolute Gasteiger partial charge is 0.259 e. The Bertz CT molecular complexity index is 802. The Balaban J connectivity index is 2.07. The quantitative estimate of drug-likeness (QED) is 0.716. The molecule has 1 aromatic heterocycles. The number of aromatic hydroxyl groups is 1. The molecule has 0 atom stereocenters. The van der Waals surface area contributed by atoms with Crippen LogP contribution in [0.5, 0.6) is 5.88 Å². The lowest BCUT2D eigenvalue weighted by Crippen LogP contribution is -1.97. The molecule has 22 heavy (non-hydrogen) atoms. The van der Waals surface area contributed by atoms with Crippen molar-refractivity contribution in [2.75, 3.05) is 0 Å². The minimum Gasteiger partial charge on any atom is -0.491 e. The van der Waals surface area contributed by atoms with Gasteiger partial charge in [0.1, 0.15) is 6.33 Å². The first-order valence-electron chi connectivity index (χ1n) is 6.96. The van der Waals surface area contributed by atoms with Gasteiger partial charge in [-0.2, -0.15) is 0 Å². The molecule has 0 amide bonds. The summed E-state index contributed by atoms with van der Waals surface area (Å²) in [4.78, 5) is 3.95. The van der Waals surface area contributed by atoms with Crippen molar-refractivity contribution in [3.05, 3.63) is 66.0 Å². The highest BCUT2D eigenvalue weighted by Crippen LogP contribution is 2.32. The van der Waals surface area contributed by atoms with Gasteiger partial charge in [-0.25, -0.2) is 4.98 Å². The molecule has 1 heterocycles. The number of para-hydroxylation sites is 1. The fourth-order valence-electron chi connectivity index (χ4n) is 2.37. The van der Waals surface area contributed by atoms with Crippen molar-refractivity contribution < 1.29 is 5.11 Å². The van der Waals surface area contributed by atoms with Crippen molar-refractivity contribution in [1.29, 1.82) is 0 Å². The Hall–Kier alpha value is -2.95. The molecule has 110 valence electrons. The summed E-state index contributed by atoms with van der Waals surface area (Å²) in [6.45, 7) is 4.02. The maximum Gasteiger partial charge on any atom is 0.259 e. The molecule has 5 heteroatoms. The number of benzene rings is 2. The van der Waals surface area contributed by atoms with E-state index in [0.29, 0.717) is 5.82 Å². The lowest BCUT2D eigenvalue weighted by molar-refractivity contribution is 0.457. The van der Waals surface area contributed by atoms with Gasteiger partial charge in [-0.05, 0) is 37.1 Å². The molecule has 3 rings (SSSR count). The van der Waals surface area contributed by atoms with Gasteiger partial charge in [0.15, 0.2) is 0 Å². The number of hydrogen-bond acceptors (Lipinski definition) is 4. The number of imidazole rings is 1. The summed E-state index contributed by atoms with van der Waals surface area (Å²) >= 11 is 0. The van der Waals surface area contributed by atoms with Crippen LogP contribution < -0.4 is 0 Å². The van der Waals surface area contributed by atoms with Gasteiger partial charge < -0.3 is 5.11 Å². The normalized spacial score (nSPS) is 11.2. The van der Waals surface area contributed by atoms with Gasteiger partial charge in [-0.1, -0.05) is 36.4 Å². The molecule has 0 aliphatic carbocycles. The number of rotatable bonds is 3. The van der Waals surface area contributed by atoms with Crippen molar-refractivity contribution in [3.63, 3.8) is 0 Å². The van der Waals surface area contributed by atoms with E-state index in [1.807, 2.05) is 62.4 Å². The lowest BCUT2D eigenvalue weighted by atomic mass is 10.1. The van der Waals surface area contributed by atoms with E-state index in [9.17, 15) is 5.11 Å². The summed E-state index contributed by atoms with van der Waals surface area (Å²) in [5.41, 5.74) is 3.83. The lowest BCUT2D eigenvalue weighted by Gasteiger charge is -2.11. The fourth-order valence-corrected chi connectivity index (χ4v) is 2.37. The average molecular weight is 292 g/mol. The Morgan fingerprint density at radius 1 is 0.909 bits per heavy atom. The van der Waals surface area contributed by atoms with Crippen LogP contribution in [0.3, 0.4) is 0 Å². The third-order valence-electron chi connectivity index (χ3n) is 3.42. The first-order valence-corrected chi connectivity index (χ1v) is 6.96. The molecular weight excluding hydrogens is 276 g/mol. The summed E-state index contributed by atoms with van der Waals surface area (Å²) in [6, 6.07) is 15.4. The van der Waals surface area contributed by atoms with Crippen LogP contribution >= 0.6 is 0 Å². The molecular formula is C17H16N4O. The summed E-state index contributed by atoms with van der Waals surface area (Å²) in [7, 11) is 0. The molecule has 1 N–H and O–H groups in total. The Morgan fingerprint density at radius 3 is 2.27 bits per heavy atom. The van der Waals surface area contributed by atoms with Gasteiger partial charge in [0, 0.05) is 0 Å². The molecule has 0 saturated carbocycles. The zero-order valence-electron chi connectivity index (χ0n) is 12.4. The minimum absolute atomic E-state index is 0.137. The third-order valence-corrected chi connectivity index (χ3v) is 3.42. The number of hydrogen-bond donors (Lipinski definition) is 1. The van der Waals surface area contributed by atoms with Crippen LogP contribution in [0.2, 0.25) is 0 Å². The first-order chi connectivity index (χ1) is 10.7. The van der Waals surface area contributed by atoms with E-state index in [4.69, 9.17) is 0 Å². The van der Waals surface area contributed by atoms with Gasteiger partial charge in [0.2, 0.25) is 5.82 Å². The molecule has 0 radical (unpaired) electrons. The van der Waals surface area contributed by atoms with Crippen LogP contribution in [-0.2, 0) is 0 Å². The van der Waals surface area contributed by atoms with Crippen molar-refractivity contribution in [2.24, 2.45) is 10.2 Å². The molecule has 0 bridgehead atoms. The van der Waals surface area contributed by atoms with Crippen molar-refractivity contribution >= 4 is 11.5 Å². The molecule has 0 aliphatic rings. The van der Waals surface area contributed by atoms with Crippen LogP contribution in [0.4, 0.5) is 11.5 Å². The predicted octanol–water partition coefficient (Wildman–Crippen LogP) is 4.61. The molecule has 0 saturated heterocycles. The van der Waals surface area contributed by atoms with Gasteiger partial charge in [-0.15, -0.1) is 10.2 Å². The topological polar surface area (TPSA) is 62.8 Å². The highest BCUT2D eigenvalue weighted by Gasteiger charge is 2.14. The van der Waals surface area contributed by atoms with E-state index in [0.717, 1.165) is 22.5 Å². The van der Waals surface area contributed by atoms with E-state index in [-0.39, 0.29) is 5.88 Å². The van der Waals surface area contributed by atoms with Crippen LogP contribution in [0.1, 0.15) is 11.1 Å². The molecule has 3 aromatic rings. The van der Waals surface area contributed by atoms with Crippen molar-refractivity contribution in [2.45, 2.75) is 13.8 Å². The molecule has 0 unspecified atom stereocenters. The maximum absolute atomic E-state index is 9.97. The second-order valence-corrected chi connectivity index (χ2v) is 5.04. The van der Waals surface area contributed by atoms with Crippen LogP contribution in [0.15, 0.2) is 65.1 Å². The zero-order chi connectivity index (χ0) is 15.5. The van der Waals surface area contributed by atoms with Crippen molar-refractivity contribution in [1.82, 2.24) is 9.55 Å². The Kier molecular flexibility index (Phi) is 3.70. The monoisotopic (exact) mass is 292 g/mol.